The van der Waals surface area contributed by atoms with E-state index in [4.69, 9.17) is 21.1 Å². The first-order valence-corrected chi connectivity index (χ1v) is 5.99. The Morgan fingerprint density at radius 1 is 1.67 bits per heavy atom. The Bertz CT molecular complexity index is 489. The minimum absolute atomic E-state index is 0.0156. The van der Waals surface area contributed by atoms with Gasteiger partial charge in [0.1, 0.15) is 12.2 Å². The molecule has 0 radical (unpaired) electrons. The Labute approximate surface area is 110 Å². The normalized spacial score (nSPS) is 13.8. The van der Waals surface area contributed by atoms with E-state index in [0.29, 0.717) is 24.6 Å². The lowest BCUT2D eigenvalue weighted by Crippen LogP contribution is -2.33. The van der Waals surface area contributed by atoms with Crippen molar-refractivity contribution in [3.05, 3.63) is 16.7 Å². The van der Waals surface area contributed by atoms with Crippen molar-refractivity contribution < 1.29 is 19.4 Å². The first kappa shape index (κ1) is 12.8. The molecule has 1 aromatic carbocycles. The van der Waals surface area contributed by atoms with Gasteiger partial charge in [-0.3, -0.25) is 0 Å². The molecule has 0 bridgehead atoms. The van der Waals surface area contributed by atoms with E-state index in [1.165, 1.54) is 7.11 Å². The van der Waals surface area contributed by atoms with E-state index in [1.54, 1.807) is 6.07 Å². The maximum absolute atomic E-state index is 11.4. The third-order valence-corrected chi connectivity index (χ3v) is 3.20. The second kappa shape index (κ2) is 4.94. The van der Waals surface area contributed by atoms with Crippen LogP contribution in [-0.4, -0.2) is 37.9 Å². The highest BCUT2D eigenvalue weighted by Crippen LogP contribution is 2.44. The van der Waals surface area contributed by atoms with Gasteiger partial charge in [0.25, 0.3) is 0 Å². The zero-order chi connectivity index (χ0) is 13.3. The molecule has 1 aromatic rings. The van der Waals surface area contributed by atoms with Crippen LogP contribution in [-0.2, 0) is 0 Å². The van der Waals surface area contributed by atoms with E-state index in [2.05, 4.69) is 0 Å². The number of carbonyl (C=O) groups is 1. The van der Waals surface area contributed by atoms with E-state index >= 15 is 0 Å². The molecule has 0 atom stereocenters. The van der Waals surface area contributed by atoms with Crippen LogP contribution in [0.15, 0.2) is 6.07 Å². The van der Waals surface area contributed by atoms with Gasteiger partial charge in [-0.2, -0.15) is 0 Å². The van der Waals surface area contributed by atoms with Gasteiger partial charge in [0.2, 0.25) is 0 Å². The summed E-state index contributed by atoms with van der Waals surface area (Å²) in [4.78, 5) is 13.4. The molecule has 1 heterocycles. The Hall–Kier alpha value is -1.62. The molecule has 0 spiro atoms. The lowest BCUT2D eigenvalue weighted by atomic mass is 10.1. The van der Waals surface area contributed by atoms with Gasteiger partial charge in [0, 0.05) is 6.54 Å². The Morgan fingerprint density at radius 3 is 2.94 bits per heavy atom. The number of hydrogen-bond donors (Lipinski definition) is 1. The van der Waals surface area contributed by atoms with Crippen LogP contribution in [0.4, 0.5) is 5.69 Å². The molecule has 0 saturated carbocycles. The summed E-state index contributed by atoms with van der Waals surface area (Å²) in [5.74, 6) is -0.638. The highest BCUT2D eigenvalue weighted by molar-refractivity contribution is 6.33. The fourth-order valence-electron chi connectivity index (χ4n) is 2.08. The van der Waals surface area contributed by atoms with Crippen molar-refractivity contribution in [2.24, 2.45) is 0 Å². The van der Waals surface area contributed by atoms with Crippen LogP contribution in [0.2, 0.25) is 5.02 Å². The molecule has 0 fully saturated rings. The number of hydrogen-bond acceptors (Lipinski definition) is 4. The maximum atomic E-state index is 11.4. The number of halogens is 1. The van der Waals surface area contributed by atoms with Gasteiger partial charge < -0.3 is 19.5 Å². The predicted molar refractivity (Wildman–Crippen MR) is 68.3 cm³/mol. The second-order valence-electron chi connectivity index (χ2n) is 3.85. The summed E-state index contributed by atoms with van der Waals surface area (Å²) >= 11 is 6.06. The third kappa shape index (κ3) is 1.95. The molecule has 6 heteroatoms. The van der Waals surface area contributed by atoms with Crippen LogP contribution < -0.4 is 14.4 Å². The van der Waals surface area contributed by atoms with Crippen molar-refractivity contribution in [3.63, 3.8) is 0 Å². The number of carboxylic acids is 1. The van der Waals surface area contributed by atoms with E-state index < -0.39 is 5.97 Å². The van der Waals surface area contributed by atoms with Crippen molar-refractivity contribution in [2.45, 2.75) is 6.92 Å². The zero-order valence-corrected chi connectivity index (χ0v) is 11.0. The van der Waals surface area contributed by atoms with Crippen molar-refractivity contribution in [2.75, 3.05) is 31.7 Å². The number of nitrogens with zero attached hydrogens (tertiary/aromatic N) is 1. The molecule has 0 aromatic heterocycles. The fourth-order valence-corrected chi connectivity index (χ4v) is 2.36. The number of fused-ring (bicyclic) bond motifs is 1. The highest BCUT2D eigenvalue weighted by atomic mass is 35.5. The van der Waals surface area contributed by atoms with Crippen molar-refractivity contribution >= 4 is 23.3 Å². The third-order valence-electron chi connectivity index (χ3n) is 2.92. The number of methoxy groups -OCH3 is 1. The first-order chi connectivity index (χ1) is 8.60. The van der Waals surface area contributed by atoms with Crippen molar-refractivity contribution in [1.29, 1.82) is 0 Å². The smallest absolute Gasteiger partial charge is 0.343 e. The number of rotatable bonds is 3. The number of benzene rings is 1. The number of anilines is 1. The molecule has 1 N–H and O–H groups in total. The van der Waals surface area contributed by atoms with Gasteiger partial charge in [-0.15, -0.1) is 0 Å². The molecule has 0 unspecified atom stereocenters. The summed E-state index contributed by atoms with van der Waals surface area (Å²) in [5, 5.41) is 9.57. The molecular formula is C12H14ClNO4. The average Bonchev–Trinajstić information content (AvgIpc) is 2.36. The molecule has 1 aliphatic heterocycles. The van der Waals surface area contributed by atoms with Gasteiger partial charge in [-0.05, 0) is 13.0 Å². The molecule has 98 valence electrons. The van der Waals surface area contributed by atoms with E-state index in [-0.39, 0.29) is 16.3 Å². The molecule has 5 nitrogen and oxygen atoms in total. The molecule has 0 amide bonds. The van der Waals surface area contributed by atoms with E-state index in [0.717, 1.165) is 6.54 Å². The topological polar surface area (TPSA) is 59.0 Å². The van der Waals surface area contributed by atoms with Gasteiger partial charge in [-0.25, -0.2) is 4.79 Å². The quantitative estimate of drug-likeness (QED) is 0.914. The minimum atomic E-state index is -1.11. The van der Waals surface area contributed by atoms with Gasteiger partial charge >= 0.3 is 5.97 Å². The number of likely N-dealkylation sites (N-methyl/N-ethyl adjacent to an activating group) is 1. The van der Waals surface area contributed by atoms with E-state index in [9.17, 15) is 9.90 Å². The largest absolute Gasteiger partial charge is 0.494 e. The summed E-state index contributed by atoms with van der Waals surface area (Å²) in [5.41, 5.74) is 0.685. The molecule has 2 rings (SSSR count). The van der Waals surface area contributed by atoms with Crippen LogP contribution in [0.5, 0.6) is 11.5 Å². The predicted octanol–water partition coefficient (Wildman–Crippen LogP) is 2.27. The maximum Gasteiger partial charge on any atom is 0.343 e. The summed E-state index contributed by atoms with van der Waals surface area (Å²) in [7, 11) is 1.39. The Morgan fingerprint density at radius 2 is 2.39 bits per heavy atom. The van der Waals surface area contributed by atoms with Crippen LogP contribution in [0.3, 0.4) is 0 Å². The molecule has 0 aliphatic carbocycles. The van der Waals surface area contributed by atoms with Crippen LogP contribution in [0, 0.1) is 0 Å². The van der Waals surface area contributed by atoms with Gasteiger partial charge in [0.15, 0.2) is 11.5 Å². The van der Waals surface area contributed by atoms with Crippen LogP contribution >= 0.6 is 11.6 Å². The second-order valence-corrected chi connectivity index (χ2v) is 4.26. The van der Waals surface area contributed by atoms with Gasteiger partial charge in [0.05, 0.1) is 24.4 Å². The Balaban J connectivity index is 2.69. The SMILES string of the molecule is CCN1CCOc2c1cc(Cl)c(OC)c2C(=O)O. The van der Waals surface area contributed by atoms with Crippen molar-refractivity contribution in [3.8, 4) is 11.5 Å². The minimum Gasteiger partial charge on any atom is -0.494 e. The summed E-state index contributed by atoms with van der Waals surface area (Å²) in [6.07, 6.45) is 0. The summed E-state index contributed by atoms with van der Waals surface area (Å²) in [6.45, 7) is 3.92. The monoisotopic (exact) mass is 271 g/mol. The Kier molecular flexibility index (Phi) is 3.52. The fraction of sp³-hybridized carbons (Fsp3) is 0.417. The van der Waals surface area contributed by atoms with Gasteiger partial charge in [-0.1, -0.05) is 11.6 Å². The number of carboxylic acid groups (broad SMARTS) is 1. The standard InChI is InChI=1S/C12H14ClNO4/c1-3-14-4-5-18-11-8(14)6-7(13)10(17-2)9(11)12(15)16/h6H,3-5H2,1-2H3,(H,15,16). The molecular weight excluding hydrogens is 258 g/mol. The first-order valence-electron chi connectivity index (χ1n) is 5.61. The lowest BCUT2D eigenvalue weighted by molar-refractivity contribution is 0.0688. The van der Waals surface area contributed by atoms with E-state index in [1.807, 2.05) is 11.8 Å². The number of aromatic carboxylic acids is 1. The summed E-state index contributed by atoms with van der Waals surface area (Å²) in [6, 6.07) is 1.69. The lowest BCUT2D eigenvalue weighted by Gasteiger charge is -2.31. The highest BCUT2D eigenvalue weighted by Gasteiger charge is 2.29. The summed E-state index contributed by atoms with van der Waals surface area (Å²) < 4.78 is 10.5. The van der Waals surface area contributed by atoms with Crippen molar-refractivity contribution in [1.82, 2.24) is 0 Å². The molecule has 1 aliphatic rings. The van der Waals surface area contributed by atoms with Crippen LogP contribution in [0.25, 0.3) is 0 Å². The molecule has 18 heavy (non-hydrogen) atoms. The average molecular weight is 272 g/mol. The number of ether oxygens (including phenoxy) is 2. The zero-order valence-electron chi connectivity index (χ0n) is 10.2. The molecule has 0 saturated heterocycles. The van der Waals surface area contributed by atoms with Crippen LogP contribution in [0.1, 0.15) is 17.3 Å².